The van der Waals surface area contributed by atoms with Crippen LogP contribution >= 0.6 is 11.3 Å². The number of pyridine rings is 1. The number of benzene rings is 1. The first-order chi connectivity index (χ1) is 12.5. The molecule has 0 aliphatic rings. The molecule has 2 aromatic heterocycles. The van der Waals surface area contributed by atoms with Crippen LogP contribution in [0.15, 0.2) is 58.3 Å². The molecule has 0 atom stereocenters. The highest BCUT2D eigenvalue weighted by atomic mass is 32.2. The van der Waals surface area contributed by atoms with Gasteiger partial charge < -0.3 is 14.8 Å². The molecular weight excluding hydrogens is 374 g/mol. The van der Waals surface area contributed by atoms with Crippen molar-refractivity contribution < 1.29 is 17.9 Å². The van der Waals surface area contributed by atoms with Gasteiger partial charge >= 0.3 is 0 Å². The molecule has 136 valence electrons. The zero-order chi connectivity index (χ0) is 18.6. The Morgan fingerprint density at radius 3 is 2.54 bits per heavy atom. The van der Waals surface area contributed by atoms with Crippen molar-refractivity contribution in [1.82, 2.24) is 4.98 Å². The van der Waals surface area contributed by atoms with E-state index in [2.05, 4.69) is 15.0 Å². The normalized spacial score (nSPS) is 11.0. The topological polar surface area (TPSA) is 89.5 Å². The first-order valence-electron chi connectivity index (χ1n) is 7.53. The van der Waals surface area contributed by atoms with E-state index >= 15 is 0 Å². The molecule has 0 aliphatic carbocycles. The lowest BCUT2D eigenvalue weighted by atomic mass is 10.2. The third-order valence-corrected chi connectivity index (χ3v) is 6.20. The fourth-order valence-corrected chi connectivity index (χ4v) is 4.20. The lowest BCUT2D eigenvalue weighted by Crippen LogP contribution is -2.12. The van der Waals surface area contributed by atoms with Crippen molar-refractivity contribution in [3.05, 3.63) is 54.0 Å². The van der Waals surface area contributed by atoms with Crippen molar-refractivity contribution in [2.45, 2.75) is 4.21 Å². The fourth-order valence-electron chi connectivity index (χ4n) is 2.20. The second-order valence-corrected chi connectivity index (χ2v) is 8.02. The van der Waals surface area contributed by atoms with Gasteiger partial charge in [0.05, 0.1) is 31.8 Å². The van der Waals surface area contributed by atoms with Gasteiger partial charge in [0.1, 0.15) is 21.5 Å². The van der Waals surface area contributed by atoms with E-state index in [-0.39, 0.29) is 10.0 Å². The van der Waals surface area contributed by atoms with Crippen molar-refractivity contribution in [2.24, 2.45) is 0 Å². The van der Waals surface area contributed by atoms with E-state index in [4.69, 9.17) is 9.47 Å². The van der Waals surface area contributed by atoms with E-state index in [0.717, 1.165) is 11.3 Å². The smallest absolute Gasteiger partial charge is 0.272 e. The summed E-state index contributed by atoms with van der Waals surface area (Å²) in [6.45, 7) is 0. The van der Waals surface area contributed by atoms with E-state index in [9.17, 15) is 8.42 Å². The third kappa shape index (κ3) is 4.06. The molecular formula is C17H17N3O4S2. The van der Waals surface area contributed by atoms with Gasteiger partial charge in [-0.05, 0) is 35.7 Å². The van der Waals surface area contributed by atoms with Crippen molar-refractivity contribution in [1.29, 1.82) is 0 Å². The molecule has 1 aromatic carbocycles. The van der Waals surface area contributed by atoms with E-state index in [0.29, 0.717) is 22.9 Å². The largest absolute Gasteiger partial charge is 0.497 e. The van der Waals surface area contributed by atoms with Crippen LogP contribution in [-0.4, -0.2) is 27.6 Å². The zero-order valence-corrected chi connectivity index (χ0v) is 15.7. The molecule has 0 amide bonds. The molecule has 0 fully saturated rings. The van der Waals surface area contributed by atoms with E-state index in [1.54, 1.807) is 56.0 Å². The summed E-state index contributed by atoms with van der Waals surface area (Å²) in [4.78, 5) is 4.15. The highest BCUT2D eigenvalue weighted by molar-refractivity contribution is 7.94. The van der Waals surface area contributed by atoms with Crippen LogP contribution in [0.2, 0.25) is 0 Å². The Bertz CT molecular complexity index is 972. The van der Waals surface area contributed by atoms with Crippen molar-refractivity contribution in [3.63, 3.8) is 0 Å². The van der Waals surface area contributed by atoms with Gasteiger partial charge in [-0.15, -0.1) is 11.3 Å². The van der Waals surface area contributed by atoms with E-state index in [1.165, 1.54) is 12.3 Å². The van der Waals surface area contributed by atoms with Gasteiger partial charge in [-0.1, -0.05) is 6.07 Å². The van der Waals surface area contributed by atoms with Gasteiger partial charge in [0.15, 0.2) is 0 Å². The SMILES string of the molecule is COc1ccc(OC)c(Nc2ccc(NS(=O)(=O)c3cccs3)nc2)c1. The molecule has 0 saturated carbocycles. The van der Waals surface area contributed by atoms with Crippen LogP contribution in [0, 0.1) is 0 Å². The predicted molar refractivity (Wildman–Crippen MR) is 102 cm³/mol. The average molecular weight is 391 g/mol. The second-order valence-electron chi connectivity index (χ2n) is 5.16. The number of sulfonamides is 1. The van der Waals surface area contributed by atoms with E-state index in [1.807, 2.05) is 0 Å². The second kappa shape index (κ2) is 7.63. The van der Waals surface area contributed by atoms with Gasteiger partial charge in [-0.3, -0.25) is 4.72 Å². The highest BCUT2D eigenvalue weighted by Crippen LogP contribution is 2.31. The first-order valence-corrected chi connectivity index (χ1v) is 9.89. The quantitative estimate of drug-likeness (QED) is 0.638. The summed E-state index contributed by atoms with van der Waals surface area (Å²) >= 11 is 1.15. The standard InChI is InChI=1S/C17H17N3O4S2/c1-23-13-6-7-15(24-2)14(10-13)19-12-5-8-16(18-11-12)20-26(21,22)17-4-3-9-25-17/h3-11,19H,1-2H3,(H,18,20). The Hall–Kier alpha value is -2.78. The molecule has 0 spiro atoms. The number of thiophene rings is 1. The number of anilines is 3. The number of nitrogens with zero attached hydrogens (tertiary/aromatic N) is 1. The van der Waals surface area contributed by atoms with Gasteiger partial charge in [0.25, 0.3) is 10.0 Å². The lowest BCUT2D eigenvalue weighted by Gasteiger charge is -2.13. The molecule has 3 rings (SSSR count). The fraction of sp³-hybridized carbons (Fsp3) is 0.118. The summed E-state index contributed by atoms with van der Waals surface area (Å²) in [6.07, 6.45) is 1.53. The predicted octanol–water partition coefficient (Wildman–Crippen LogP) is 3.70. The van der Waals surface area contributed by atoms with Crippen LogP contribution in [0.4, 0.5) is 17.2 Å². The maximum atomic E-state index is 12.2. The summed E-state index contributed by atoms with van der Waals surface area (Å²) in [6, 6.07) is 11.9. The van der Waals surface area contributed by atoms with Crippen molar-refractivity contribution >= 4 is 38.6 Å². The maximum Gasteiger partial charge on any atom is 0.272 e. The van der Waals surface area contributed by atoms with Gasteiger partial charge in [-0.25, -0.2) is 13.4 Å². The molecule has 0 unspecified atom stereocenters. The maximum absolute atomic E-state index is 12.2. The molecule has 0 saturated heterocycles. The minimum absolute atomic E-state index is 0.238. The molecule has 3 aromatic rings. The Labute approximate surface area is 155 Å². The number of hydrogen-bond donors (Lipinski definition) is 2. The minimum Gasteiger partial charge on any atom is -0.497 e. The molecule has 0 aliphatic heterocycles. The van der Waals surface area contributed by atoms with E-state index < -0.39 is 10.0 Å². The van der Waals surface area contributed by atoms with Crippen LogP contribution in [0.5, 0.6) is 11.5 Å². The molecule has 26 heavy (non-hydrogen) atoms. The number of ether oxygens (including phenoxy) is 2. The molecule has 9 heteroatoms. The monoisotopic (exact) mass is 391 g/mol. The molecule has 7 nitrogen and oxygen atoms in total. The Morgan fingerprint density at radius 1 is 1.08 bits per heavy atom. The number of nitrogens with one attached hydrogen (secondary N) is 2. The van der Waals surface area contributed by atoms with Gasteiger partial charge in [0, 0.05) is 6.07 Å². The zero-order valence-electron chi connectivity index (χ0n) is 14.1. The van der Waals surface area contributed by atoms with Crippen molar-refractivity contribution in [3.8, 4) is 11.5 Å². The van der Waals surface area contributed by atoms with Crippen LogP contribution < -0.4 is 19.5 Å². The molecule has 0 bridgehead atoms. The summed E-state index contributed by atoms with van der Waals surface area (Å²) in [7, 11) is -0.450. The third-order valence-electron chi connectivity index (χ3n) is 3.45. The average Bonchev–Trinajstić information content (AvgIpc) is 3.19. The van der Waals surface area contributed by atoms with Crippen molar-refractivity contribution in [2.75, 3.05) is 24.3 Å². The Kier molecular flexibility index (Phi) is 5.29. The Balaban J connectivity index is 1.76. The Morgan fingerprint density at radius 2 is 1.92 bits per heavy atom. The van der Waals surface area contributed by atoms with Gasteiger partial charge in [0.2, 0.25) is 0 Å². The van der Waals surface area contributed by atoms with Crippen LogP contribution in [-0.2, 0) is 10.0 Å². The molecule has 2 N–H and O–H groups in total. The number of rotatable bonds is 7. The summed E-state index contributed by atoms with van der Waals surface area (Å²) < 4.78 is 37.6. The lowest BCUT2D eigenvalue weighted by molar-refractivity contribution is 0.405. The van der Waals surface area contributed by atoms with Crippen LogP contribution in [0.25, 0.3) is 0 Å². The minimum atomic E-state index is -3.61. The summed E-state index contributed by atoms with van der Waals surface area (Å²) in [5, 5.41) is 4.88. The van der Waals surface area contributed by atoms with Gasteiger partial charge in [-0.2, -0.15) is 0 Å². The van der Waals surface area contributed by atoms with Crippen LogP contribution in [0.3, 0.4) is 0 Å². The summed E-state index contributed by atoms with van der Waals surface area (Å²) in [5.41, 5.74) is 1.39. The molecule has 2 heterocycles. The van der Waals surface area contributed by atoms with Crippen LogP contribution in [0.1, 0.15) is 0 Å². The molecule has 0 radical (unpaired) electrons. The number of methoxy groups -OCH3 is 2. The highest BCUT2D eigenvalue weighted by Gasteiger charge is 2.15. The summed E-state index contributed by atoms with van der Waals surface area (Å²) in [5.74, 6) is 1.57. The first kappa shape index (κ1) is 18.0. The number of aromatic nitrogens is 1. The number of hydrogen-bond acceptors (Lipinski definition) is 7.